The van der Waals surface area contributed by atoms with Crippen LogP contribution in [0.15, 0.2) is 152 Å². The molecule has 0 radical (unpaired) electrons. The highest BCUT2D eigenvalue weighted by Crippen LogP contribution is 2.38. The number of esters is 2. The molecular formula is C65H77NO20. The molecule has 5 aromatic carbocycles. The molecule has 4 N–H and O–H groups in total. The van der Waals surface area contributed by atoms with Crippen LogP contribution in [0, 0.1) is 0 Å². The number of ketones is 2. The molecule has 0 bridgehead atoms. The Morgan fingerprint density at radius 2 is 0.826 bits per heavy atom. The Labute approximate surface area is 500 Å². The highest BCUT2D eigenvalue weighted by molar-refractivity contribution is 5.81. The quantitative estimate of drug-likeness (QED) is 0.0397. The number of amides is 1. The van der Waals surface area contributed by atoms with Gasteiger partial charge in [-0.15, -0.1) is 0 Å². The standard InChI is InChI=1S/C65H77NO20/c1-41(67)29-31-52(70)77-40-49-55(72)56(73)54(66-43(3)69)64(82-49)85-58-51(39-76-34-45-21-11-5-12-22-45)83-65(62(80-37-48-27-17-8-18-28-48)60(58)84-53(71)32-30-42(2)68)86-57-50(38-75-33-44-19-9-4-10-20-44)81-63(74)61(79-36-47-25-15-7-16-26-47)59(57)78-35-46-23-13-6-14-24-46/h4-28,49-51,54-65,72-74H,29-40H2,1-3H3,(H,66,69)/t49-,50-,51-,54-,55+,56-,57-,58+,59+,60+,61-,62-,63-,64+,65+/m1/s1. The van der Waals surface area contributed by atoms with Crippen LogP contribution in [-0.4, -0.2) is 157 Å². The van der Waals surface area contributed by atoms with Crippen LogP contribution in [0.2, 0.25) is 0 Å². The van der Waals surface area contributed by atoms with Gasteiger partial charge in [0.1, 0.15) is 85.3 Å². The summed E-state index contributed by atoms with van der Waals surface area (Å²) in [6.45, 7) is 2.80. The van der Waals surface area contributed by atoms with Crippen LogP contribution in [-0.2, 0) is 114 Å². The van der Waals surface area contributed by atoms with Crippen LogP contribution >= 0.6 is 0 Å². The molecule has 3 heterocycles. The zero-order valence-electron chi connectivity index (χ0n) is 48.4. The van der Waals surface area contributed by atoms with Crippen LogP contribution in [0.4, 0.5) is 0 Å². The summed E-state index contributed by atoms with van der Waals surface area (Å²) in [4.78, 5) is 64.3. The van der Waals surface area contributed by atoms with Crippen molar-refractivity contribution in [2.45, 2.75) is 172 Å². The number of rotatable bonds is 31. The number of hydrogen-bond acceptors (Lipinski definition) is 20. The average molecular weight is 1190 g/mol. The molecule has 0 saturated carbocycles. The first-order valence-electron chi connectivity index (χ1n) is 28.8. The Morgan fingerprint density at radius 1 is 0.419 bits per heavy atom. The summed E-state index contributed by atoms with van der Waals surface area (Å²) >= 11 is 0. The minimum absolute atomic E-state index is 0.0125. The number of nitrogens with one attached hydrogen (secondary N) is 1. The highest BCUT2D eigenvalue weighted by atomic mass is 16.8. The van der Waals surface area contributed by atoms with Gasteiger partial charge in [-0.05, 0) is 41.7 Å². The molecule has 3 aliphatic rings. The third-order valence-electron chi connectivity index (χ3n) is 14.5. The maximum absolute atomic E-state index is 14.4. The molecule has 15 atom stereocenters. The minimum Gasteiger partial charge on any atom is -0.463 e. The SMILES string of the molecule is CC(=O)CCC(=O)OC[C@H]1O[C@@H](O[C@@H]2[C@H](OC(=O)CCC(C)=O)[C@@H](OCc3ccccc3)[C@H](O[C@H]3[C@H](OCc4ccccc4)[C@@H](OCc4ccccc4)[C@H](O)O[C@@H]3COCc3ccccc3)O[C@@H]2COCc2ccccc2)[C@H](NC(C)=O)[C@@H](O)[C@H]1O. The number of benzene rings is 5. The Hall–Kier alpha value is -6.67. The number of aliphatic hydroxyl groups is 3. The van der Waals surface area contributed by atoms with Gasteiger partial charge < -0.3 is 87.1 Å². The van der Waals surface area contributed by atoms with Crippen molar-refractivity contribution in [2.75, 3.05) is 19.8 Å². The average Bonchev–Trinajstić information content (AvgIpc) is 2.10. The number of carbonyl (C=O) groups is 5. The van der Waals surface area contributed by atoms with Crippen molar-refractivity contribution in [3.63, 3.8) is 0 Å². The second-order valence-corrected chi connectivity index (χ2v) is 21.4. The summed E-state index contributed by atoms with van der Waals surface area (Å²) in [5, 5.41) is 37.9. The van der Waals surface area contributed by atoms with E-state index >= 15 is 0 Å². The Bertz CT molecular complexity index is 2860. The first-order chi connectivity index (χ1) is 41.7. The van der Waals surface area contributed by atoms with Crippen molar-refractivity contribution in [3.8, 4) is 0 Å². The van der Waals surface area contributed by atoms with E-state index in [1.165, 1.54) is 20.8 Å². The molecule has 3 fully saturated rings. The molecule has 86 heavy (non-hydrogen) atoms. The summed E-state index contributed by atoms with van der Waals surface area (Å²) < 4.78 is 78.9. The smallest absolute Gasteiger partial charge is 0.306 e. The molecule has 1 amide bonds. The fourth-order valence-corrected chi connectivity index (χ4v) is 10.1. The third kappa shape index (κ3) is 19.7. The van der Waals surface area contributed by atoms with Gasteiger partial charge in [0, 0.05) is 19.8 Å². The Morgan fingerprint density at radius 3 is 1.30 bits per heavy atom. The van der Waals surface area contributed by atoms with E-state index in [4.69, 9.17) is 56.8 Å². The second kappa shape index (κ2) is 33.5. The molecule has 0 aliphatic carbocycles. The van der Waals surface area contributed by atoms with Crippen LogP contribution in [0.25, 0.3) is 0 Å². The molecule has 3 saturated heterocycles. The molecule has 462 valence electrons. The summed E-state index contributed by atoms with van der Waals surface area (Å²) in [5.74, 6) is -2.85. The maximum atomic E-state index is 14.4. The van der Waals surface area contributed by atoms with E-state index in [-0.39, 0.29) is 83.5 Å². The molecule has 5 aromatic rings. The number of hydrogen-bond donors (Lipinski definition) is 4. The normalized spacial score (nSPS) is 27.3. The number of carbonyl (C=O) groups excluding carboxylic acids is 5. The van der Waals surface area contributed by atoms with Crippen molar-refractivity contribution >= 4 is 29.4 Å². The van der Waals surface area contributed by atoms with Crippen LogP contribution < -0.4 is 5.32 Å². The molecule has 3 aliphatic heterocycles. The van der Waals surface area contributed by atoms with Gasteiger partial charge in [0.05, 0.1) is 59.1 Å². The Kier molecular flexibility index (Phi) is 25.4. The number of Topliss-reactive ketones (excluding diaryl/α,β-unsaturated/α-hetero) is 2. The van der Waals surface area contributed by atoms with Crippen molar-refractivity contribution in [3.05, 3.63) is 179 Å². The van der Waals surface area contributed by atoms with Crippen molar-refractivity contribution in [2.24, 2.45) is 0 Å². The van der Waals surface area contributed by atoms with E-state index in [2.05, 4.69) is 5.32 Å². The fourth-order valence-electron chi connectivity index (χ4n) is 10.1. The lowest BCUT2D eigenvalue weighted by Gasteiger charge is -2.51. The highest BCUT2D eigenvalue weighted by Gasteiger charge is 2.57. The lowest BCUT2D eigenvalue weighted by atomic mass is 9.94. The van der Waals surface area contributed by atoms with Crippen LogP contribution in [0.3, 0.4) is 0 Å². The number of aliphatic hydroxyl groups excluding tert-OH is 3. The van der Waals surface area contributed by atoms with Gasteiger partial charge in [-0.3, -0.25) is 14.4 Å². The lowest BCUT2D eigenvalue weighted by Crippen LogP contribution is -2.69. The summed E-state index contributed by atoms with van der Waals surface area (Å²) in [6.07, 6.45) is -21.7. The van der Waals surface area contributed by atoms with E-state index in [0.29, 0.717) is 5.56 Å². The predicted octanol–water partition coefficient (Wildman–Crippen LogP) is 5.53. The number of ether oxygens (including phenoxy) is 12. The van der Waals surface area contributed by atoms with Gasteiger partial charge >= 0.3 is 11.9 Å². The van der Waals surface area contributed by atoms with E-state index in [1.54, 1.807) is 0 Å². The van der Waals surface area contributed by atoms with E-state index < -0.39 is 117 Å². The van der Waals surface area contributed by atoms with E-state index in [1.807, 2.05) is 152 Å². The topological polar surface area (TPSA) is 269 Å². The first kappa shape index (κ1) is 65.3. The molecule has 8 rings (SSSR count). The second-order valence-electron chi connectivity index (χ2n) is 21.4. The molecule has 0 unspecified atom stereocenters. The lowest BCUT2D eigenvalue weighted by molar-refractivity contribution is -0.382. The third-order valence-corrected chi connectivity index (χ3v) is 14.5. The largest absolute Gasteiger partial charge is 0.463 e. The van der Waals surface area contributed by atoms with Gasteiger partial charge in [-0.1, -0.05) is 152 Å². The zero-order valence-corrected chi connectivity index (χ0v) is 48.4. The van der Waals surface area contributed by atoms with E-state index in [9.17, 15) is 39.3 Å². The summed E-state index contributed by atoms with van der Waals surface area (Å²) in [5.41, 5.74) is 3.88. The van der Waals surface area contributed by atoms with Gasteiger partial charge in [0.15, 0.2) is 25.0 Å². The Balaban J connectivity index is 1.23. The molecule has 21 nitrogen and oxygen atoms in total. The molecule has 0 spiro atoms. The van der Waals surface area contributed by atoms with Crippen LogP contribution in [0.1, 0.15) is 74.3 Å². The summed E-state index contributed by atoms with van der Waals surface area (Å²) in [6, 6.07) is 44.9. The predicted molar refractivity (Wildman–Crippen MR) is 305 cm³/mol. The summed E-state index contributed by atoms with van der Waals surface area (Å²) in [7, 11) is 0. The molecule has 0 aromatic heterocycles. The maximum Gasteiger partial charge on any atom is 0.306 e. The first-order valence-corrected chi connectivity index (χ1v) is 28.8. The van der Waals surface area contributed by atoms with Crippen molar-refractivity contribution in [1.29, 1.82) is 0 Å². The van der Waals surface area contributed by atoms with Gasteiger partial charge in [-0.25, -0.2) is 0 Å². The van der Waals surface area contributed by atoms with Crippen molar-refractivity contribution in [1.82, 2.24) is 5.32 Å². The van der Waals surface area contributed by atoms with Crippen LogP contribution in [0.5, 0.6) is 0 Å². The monoisotopic (exact) mass is 1190 g/mol. The van der Waals surface area contributed by atoms with Gasteiger partial charge in [-0.2, -0.15) is 0 Å². The van der Waals surface area contributed by atoms with Crippen molar-refractivity contribution < 1.29 is 96.1 Å². The fraction of sp³-hybridized carbons (Fsp3) is 0.462. The molecular weight excluding hydrogens is 1110 g/mol. The zero-order chi connectivity index (χ0) is 60.8. The minimum atomic E-state index is -1.82. The molecule has 21 heteroatoms. The van der Waals surface area contributed by atoms with Gasteiger partial charge in [0.2, 0.25) is 5.91 Å². The van der Waals surface area contributed by atoms with E-state index in [0.717, 1.165) is 22.3 Å². The van der Waals surface area contributed by atoms with Gasteiger partial charge in [0.25, 0.3) is 0 Å².